The summed E-state index contributed by atoms with van der Waals surface area (Å²) in [5.41, 5.74) is 6.74. The van der Waals surface area contributed by atoms with Crippen molar-refractivity contribution in [2.45, 2.75) is 18.9 Å². The number of carbonyl (C=O) groups is 1. The van der Waals surface area contributed by atoms with Gasteiger partial charge in [-0.3, -0.25) is 9.78 Å². The maximum absolute atomic E-state index is 13.3. The lowest BCUT2D eigenvalue weighted by molar-refractivity contribution is -0.133. The standard InChI is InChI=1S/C19H22FN3O2/c20-15-6-4-14(5-7-15)17(16-3-1-2-10-22-16)23-13-19(18(21)24)8-11-25-12-9-19/h1-7,10,17,23H,8-9,11-13H2,(H2,21,24)/t17-/m1/s1. The highest BCUT2D eigenvalue weighted by molar-refractivity contribution is 5.81. The summed E-state index contributed by atoms with van der Waals surface area (Å²) in [4.78, 5) is 16.5. The third-order valence-corrected chi connectivity index (χ3v) is 4.80. The van der Waals surface area contributed by atoms with Crippen molar-refractivity contribution in [1.82, 2.24) is 10.3 Å². The molecule has 1 aromatic carbocycles. The van der Waals surface area contributed by atoms with E-state index in [-0.39, 0.29) is 17.8 Å². The zero-order valence-electron chi connectivity index (χ0n) is 14.0. The number of hydrogen-bond acceptors (Lipinski definition) is 4. The SMILES string of the molecule is NC(=O)C1(CN[C@H](c2ccc(F)cc2)c2ccccn2)CCOCC1. The van der Waals surface area contributed by atoms with Gasteiger partial charge in [-0.25, -0.2) is 4.39 Å². The Labute approximate surface area is 146 Å². The number of ether oxygens (including phenoxy) is 1. The average molecular weight is 343 g/mol. The first-order valence-corrected chi connectivity index (χ1v) is 8.38. The molecule has 25 heavy (non-hydrogen) atoms. The van der Waals surface area contributed by atoms with Gasteiger partial charge in [0, 0.05) is 26.0 Å². The molecular formula is C19H22FN3O2. The molecule has 132 valence electrons. The highest BCUT2D eigenvalue weighted by Crippen LogP contribution is 2.31. The molecule has 0 radical (unpaired) electrons. The molecule has 0 saturated carbocycles. The molecule has 3 rings (SSSR count). The van der Waals surface area contributed by atoms with E-state index in [1.807, 2.05) is 18.2 Å². The van der Waals surface area contributed by atoms with Gasteiger partial charge >= 0.3 is 0 Å². The van der Waals surface area contributed by atoms with Crippen LogP contribution in [0.4, 0.5) is 4.39 Å². The van der Waals surface area contributed by atoms with Crippen LogP contribution in [-0.4, -0.2) is 30.6 Å². The van der Waals surface area contributed by atoms with Gasteiger partial charge in [0.2, 0.25) is 5.91 Å². The molecule has 1 aromatic heterocycles. The van der Waals surface area contributed by atoms with E-state index in [4.69, 9.17) is 10.5 Å². The molecule has 2 aromatic rings. The Morgan fingerprint density at radius 2 is 1.96 bits per heavy atom. The summed E-state index contributed by atoms with van der Waals surface area (Å²) in [6.45, 7) is 1.47. The second kappa shape index (κ2) is 7.72. The van der Waals surface area contributed by atoms with Gasteiger partial charge in [0.15, 0.2) is 0 Å². The quantitative estimate of drug-likeness (QED) is 0.843. The topological polar surface area (TPSA) is 77.2 Å². The van der Waals surface area contributed by atoms with Crippen LogP contribution in [0.3, 0.4) is 0 Å². The number of nitrogens with two attached hydrogens (primary N) is 1. The van der Waals surface area contributed by atoms with Crippen LogP contribution in [0.5, 0.6) is 0 Å². The van der Waals surface area contributed by atoms with Crippen molar-refractivity contribution in [2.75, 3.05) is 19.8 Å². The lowest BCUT2D eigenvalue weighted by Gasteiger charge is -2.35. The fourth-order valence-corrected chi connectivity index (χ4v) is 3.16. The molecule has 1 aliphatic rings. The molecule has 1 fully saturated rings. The first kappa shape index (κ1) is 17.5. The lowest BCUT2D eigenvalue weighted by Crippen LogP contribution is -2.49. The zero-order chi connectivity index (χ0) is 17.7. The van der Waals surface area contributed by atoms with Crippen molar-refractivity contribution in [3.8, 4) is 0 Å². The molecule has 2 heterocycles. The van der Waals surface area contributed by atoms with E-state index in [0.717, 1.165) is 11.3 Å². The molecule has 1 atom stereocenters. The maximum atomic E-state index is 13.3. The van der Waals surface area contributed by atoms with Crippen molar-refractivity contribution in [3.05, 3.63) is 65.7 Å². The van der Waals surface area contributed by atoms with Gasteiger partial charge in [-0.1, -0.05) is 18.2 Å². The second-order valence-electron chi connectivity index (χ2n) is 6.38. The summed E-state index contributed by atoms with van der Waals surface area (Å²) in [7, 11) is 0. The van der Waals surface area contributed by atoms with E-state index < -0.39 is 5.41 Å². The predicted octanol–water partition coefficient (Wildman–Crippen LogP) is 2.18. The number of amides is 1. The van der Waals surface area contributed by atoms with Crippen molar-refractivity contribution in [3.63, 3.8) is 0 Å². The Balaban J connectivity index is 1.85. The Morgan fingerprint density at radius 3 is 2.56 bits per heavy atom. The van der Waals surface area contributed by atoms with Crippen LogP contribution in [0.2, 0.25) is 0 Å². The predicted molar refractivity (Wildman–Crippen MR) is 92.2 cm³/mol. The van der Waals surface area contributed by atoms with Crippen LogP contribution in [0.1, 0.15) is 30.1 Å². The van der Waals surface area contributed by atoms with Crippen LogP contribution in [0.25, 0.3) is 0 Å². The molecule has 1 aliphatic heterocycles. The van der Waals surface area contributed by atoms with E-state index in [1.54, 1.807) is 18.3 Å². The fraction of sp³-hybridized carbons (Fsp3) is 0.368. The number of primary amides is 1. The normalized spacial score (nSPS) is 17.8. The number of halogens is 1. The second-order valence-corrected chi connectivity index (χ2v) is 6.38. The number of rotatable bonds is 6. The molecule has 1 saturated heterocycles. The van der Waals surface area contributed by atoms with Crippen molar-refractivity contribution in [2.24, 2.45) is 11.1 Å². The summed E-state index contributed by atoms with van der Waals surface area (Å²) < 4.78 is 18.7. The van der Waals surface area contributed by atoms with Gasteiger partial charge in [-0.2, -0.15) is 0 Å². The minimum absolute atomic E-state index is 0.249. The first-order chi connectivity index (χ1) is 12.1. The Hall–Kier alpha value is -2.31. The van der Waals surface area contributed by atoms with Gasteiger partial charge in [-0.05, 0) is 42.7 Å². The van der Waals surface area contributed by atoms with Crippen LogP contribution in [0, 0.1) is 11.2 Å². The van der Waals surface area contributed by atoms with Gasteiger partial charge in [-0.15, -0.1) is 0 Å². The number of nitrogens with one attached hydrogen (secondary N) is 1. The molecule has 0 aliphatic carbocycles. The molecule has 5 nitrogen and oxygen atoms in total. The van der Waals surface area contributed by atoms with Gasteiger partial charge < -0.3 is 15.8 Å². The smallest absolute Gasteiger partial charge is 0.225 e. The van der Waals surface area contributed by atoms with Crippen LogP contribution >= 0.6 is 0 Å². The number of nitrogens with zero attached hydrogens (tertiary/aromatic N) is 1. The summed E-state index contributed by atoms with van der Waals surface area (Å²) in [6, 6.07) is 11.7. The summed E-state index contributed by atoms with van der Waals surface area (Å²) >= 11 is 0. The van der Waals surface area contributed by atoms with Crippen molar-refractivity contribution < 1.29 is 13.9 Å². The summed E-state index contributed by atoms with van der Waals surface area (Å²) in [6.07, 6.45) is 2.90. The van der Waals surface area contributed by atoms with E-state index in [2.05, 4.69) is 10.3 Å². The maximum Gasteiger partial charge on any atom is 0.225 e. The Bertz CT molecular complexity index is 700. The number of pyridine rings is 1. The number of aromatic nitrogens is 1. The van der Waals surface area contributed by atoms with E-state index in [0.29, 0.717) is 32.6 Å². The molecule has 0 unspecified atom stereocenters. The summed E-state index contributed by atoms with van der Waals surface area (Å²) in [5, 5.41) is 3.42. The van der Waals surface area contributed by atoms with E-state index >= 15 is 0 Å². The van der Waals surface area contributed by atoms with Gasteiger partial charge in [0.1, 0.15) is 5.82 Å². The summed E-state index contributed by atoms with van der Waals surface area (Å²) in [5.74, 6) is -0.608. The van der Waals surface area contributed by atoms with Gasteiger partial charge in [0.05, 0.1) is 17.2 Å². The first-order valence-electron chi connectivity index (χ1n) is 8.38. The minimum Gasteiger partial charge on any atom is -0.381 e. The molecular weight excluding hydrogens is 321 g/mol. The third kappa shape index (κ3) is 4.03. The monoisotopic (exact) mass is 343 g/mol. The van der Waals surface area contributed by atoms with Crippen molar-refractivity contribution >= 4 is 5.91 Å². The van der Waals surface area contributed by atoms with Crippen LogP contribution in [0.15, 0.2) is 48.7 Å². The van der Waals surface area contributed by atoms with Crippen molar-refractivity contribution in [1.29, 1.82) is 0 Å². The van der Waals surface area contributed by atoms with E-state index in [9.17, 15) is 9.18 Å². The minimum atomic E-state index is -0.634. The van der Waals surface area contributed by atoms with Crippen LogP contribution < -0.4 is 11.1 Å². The number of hydrogen-bond donors (Lipinski definition) is 2. The fourth-order valence-electron chi connectivity index (χ4n) is 3.16. The largest absolute Gasteiger partial charge is 0.381 e. The molecule has 6 heteroatoms. The Morgan fingerprint density at radius 1 is 1.24 bits per heavy atom. The third-order valence-electron chi connectivity index (χ3n) is 4.80. The van der Waals surface area contributed by atoms with Crippen LogP contribution in [-0.2, 0) is 9.53 Å². The average Bonchev–Trinajstić information content (AvgIpc) is 2.65. The molecule has 0 spiro atoms. The molecule has 3 N–H and O–H groups in total. The Kier molecular flexibility index (Phi) is 5.40. The van der Waals surface area contributed by atoms with Gasteiger partial charge in [0.25, 0.3) is 0 Å². The van der Waals surface area contributed by atoms with E-state index in [1.165, 1.54) is 12.1 Å². The highest BCUT2D eigenvalue weighted by Gasteiger charge is 2.39. The molecule has 0 bridgehead atoms. The number of carbonyl (C=O) groups excluding carboxylic acids is 1. The number of benzene rings is 1. The highest BCUT2D eigenvalue weighted by atomic mass is 19.1. The lowest BCUT2D eigenvalue weighted by atomic mass is 9.79. The zero-order valence-corrected chi connectivity index (χ0v) is 14.0. The molecule has 1 amide bonds.